The number of hydrogen-bond donors (Lipinski definition) is 1. The Kier molecular flexibility index (Phi) is 4.57. The first kappa shape index (κ1) is 14.5. The van der Waals surface area contributed by atoms with Gasteiger partial charge >= 0.3 is 0 Å². The molecule has 0 radical (unpaired) electrons. The molecule has 2 nitrogen and oxygen atoms in total. The van der Waals surface area contributed by atoms with Crippen molar-refractivity contribution in [2.75, 3.05) is 5.32 Å². The maximum Gasteiger partial charge on any atom is 0.255 e. The summed E-state index contributed by atoms with van der Waals surface area (Å²) in [6.07, 6.45) is 0. The lowest BCUT2D eigenvalue weighted by Gasteiger charge is -2.08. The van der Waals surface area contributed by atoms with E-state index in [2.05, 4.69) is 43.8 Å². The van der Waals surface area contributed by atoms with E-state index in [1.165, 1.54) is 18.2 Å². The molecule has 0 aliphatic rings. The Labute approximate surface area is 132 Å². The Balaban J connectivity index is 2.23. The monoisotopic (exact) mass is 433 g/mol. The molecule has 98 valence electrons. The van der Waals surface area contributed by atoms with Gasteiger partial charge in [-0.2, -0.15) is 0 Å². The highest BCUT2D eigenvalue weighted by Crippen LogP contribution is 2.23. The van der Waals surface area contributed by atoms with E-state index in [-0.39, 0.29) is 11.7 Å². The summed E-state index contributed by atoms with van der Waals surface area (Å²) in [7, 11) is 0. The van der Waals surface area contributed by atoms with Crippen LogP contribution in [0.1, 0.15) is 15.9 Å². The first-order valence-corrected chi connectivity index (χ1v) is 7.37. The van der Waals surface area contributed by atoms with Crippen molar-refractivity contribution < 1.29 is 9.18 Å². The van der Waals surface area contributed by atoms with Crippen LogP contribution in [0.2, 0.25) is 0 Å². The van der Waals surface area contributed by atoms with Crippen LogP contribution in [0.5, 0.6) is 0 Å². The molecular formula is C14H10BrFINO. The molecule has 0 saturated heterocycles. The fourth-order valence-corrected chi connectivity index (χ4v) is 2.42. The number of anilines is 1. The topological polar surface area (TPSA) is 29.1 Å². The maximum absolute atomic E-state index is 13.0. The second kappa shape index (κ2) is 6.00. The highest BCUT2D eigenvalue weighted by molar-refractivity contribution is 14.1. The summed E-state index contributed by atoms with van der Waals surface area (Å²) in [6.45, 7) is 1.71. The second-order valence-corrected chi connectivity index (χ2v) is 6.06. The van der Waals surface area contributed by atoms with Gasteiger partial charge in [-0.1, -0.05) is 0 Å². The Morgan fingerprint density at radius 3 is 2.63 bits per heavy atom. The van der Waals surface area contributed by atoms with Gasteiger partial charge in [0.25, 0.3) is 5.91 Å². The number of rotatable bonds is 2. The average molecular weight is 434 g/mol. The largest absolute Gasteiger partial charge is 0.322 e. The van der Waals surface area contributed by atoms with Crippen molar-refractivity contribution in [3.05, 3.63) is 61.4 Å². The molecule has 2 aromatic rings. The summed E-state index contributed by atoms with van der Waals surface area (Å²) in [6, 6.07) is 9.66. The van der Waals surface area contributed by atoms with E-state index in [1.807, 2.05) is 18.2 Å². The summed E-state index contributed by atoms with van der Waals surface area (Å²) in [5.41, 5.74) is 1.80. The van der Waals surface area contributed by atoms with Crippen LogP contribution in [-0.4, -0.2) is 5.91 Å². The Morgan fingerprint density at radius 2 is 2.00 bits per heavy atom. The molecule has 0 heterocycles. The molecule has 1 N–H and O–H groups in total. The zero-order valence-corrected chi connectivity index (χ0v) is 13.7. The van der Waals surface area contributed by atoms with Crippen molar-refractivity contribution in [1.29, 1.82) is 0 Å². The number of aryl methyl sites for hydroxylation is 1. The van der Waals surface area contributed by atoms with Crippen LogP contribution in [0.3, 0.4) is 0 Å². The van der Waals surface area contributed by atoms with E-state index in [0.717, 1.165) is 8.04 Å². The van der Waals surface area contributed by atoms with Crippen LogP contribution >= 0.6 is 38.5 Å². The van der Waals surface area contributed by atoms with Crippen molar-refractivity contribution >= 4 is 50.1 Å². The fourth-order valence-electron chi connectivity index (χ4n) is 1.65. The minimum Gasteiger partial charge on any atom is -0.322 e. The van der Waals surface area contributed by atoms with Gasteiger partial charge < -0.3 is 5.32 Å². The Bertz CT molecular complexity index is 645. The third-order valence-electron chi connectivity index (χ3n) is 2.61. The van der Waals surface area contributed by atoms with Gasteiger partial charge in [-0.05, 0) is 87.4 Å². The molecule has 0 aromatic heterocycles. The molecule has 5 heteroatoms. The number of nitrogens with one attached hydrogen (secondary N) is 1. The minimum absolute atomic E-state index is 0.240. The first-order chi connectivity index (χ1) is 8.97. The molecule has 0 bridgehead atoms. The summed E-state index contributed by atoms with van der Waals surface area (Å²) in [5, 5.41) is 2.80. The quantitative estimate of drug-likeness (QED) is 0.680. The number of benzene rings is 2. The SMILES string of the molecule is Cc1cc(F)ccc1C(=O)Nc1ccc(Br)c(I)c1. The lowest BCUT2D eigenvalue weighted by Crippen LogP contribution is -2.13. The van der Waals surface area contributed by atoms with E-state index in [0.29, 0.717) is 16.8 Å². The number of amides is 1. The number of carbonyl (C=O) groups excluding carboxylic acids is 1. The molecule has 0 atom stereocenters. The molecule has 19 heavy (non-hydrogen) atoms. The van der Waals surface area contributed by atoms with Crippen molar-refractivity contribution in [2.24, 2.45) is 0 Å². The number of carbonyl (C=O) groups is 1. The first-order valence-electron chi connectivity index (χ1n) is 5.50. The molecule has 0 aliphatic heterocycles. The number of halogens is 3. The van der Waals surface area contributed by atoms with Crippen molar-refractivity contribution in [1.82, 2.24) is 0 Å². The fraction of sp³-hybridized carbons (Fsp3) is 0.0714. The van der Waals surface area contributed by atoms with Crippen molar-refractivity contribution in [2.45, 2.75) is 6.92 Å². The van der Waals surface area contributed by atoms with Gasteiger partial charge in [-0.25, -0.2) is 4.39 Å². The zero-order valence-electron chi connectivity index (χ0n) is 10.0. The summed E-state index contributed by atoms with van der Waals surface area (Å²) in [5.74, 6) is -0.581. The van der Waals surface area contributed by atoms with Crippen LogP contribution in [0.4, 0.5) is 10.1 Å². The molecule has 0 spiro atoms. The van der Waals surface area contributed by atoms with Gasteiger partial charge in [0.15, 0.2) is 0 Å². The third-order valence-corrected chi connectivity index (χ3v) is 4.94. The van der Waals surface area contributed by atoms with E-state index in [9.17, 15) is 9.18 Å². The van der Waals surface area contributed by atoms with Crippen LogP contribution in [-0.2, 0) is 0 Å². The Hall–Kier alpha value is -0.950. The molecule has 2 rings (SSSR count). The summed E-state index contributed by atoms with van der Waals surface area (Å²) < 4.78 is 15.0. The zero-order chi connectivity index (χ0) is 14.0. The second-order valence-electron chi connectivity index (χ2n) is 4.04. The van der Waals surface area contributed by atoms with Gasteiger partial charge in [-0.3, -0.25) is 4.79 Å². The molecule has 0 aliphatic carbocycles. The van der Waals surface area contributed by atoms with Crippen LogP contribution < -0.4 is 5.32 Å². The van der Waals surface area contributed by atoms with E-state index < -0.39 is 0 Å². The predicted molar refractivity (Wildman–Crippen MR) is 85.9 cm³/mol. The van der Waals surface area contributed by atoms with E-state index in [4.69, 9.17) is 0 Å². The molecule has 0 fully saturated rings. The summed E-state index contributed by atoms with van der Waals surface area (Å²) >= 11 is 5.57. The van der Waals surface area contributed by atoms with Crippen LogP contribution in [0.25, 0.3) is 0 Å². The average Bonchev–Trinajstić information content (AvgIpc) is 2.33. The van der Waals surface area contributed by atoms with E-state index in [1.54, 1.807) is 6.92 Å². The normalized spacial score (nSPS) is 10.3. The number of hydrogen-bond acceptors (Lipinski definition) is 1. The summed E-state index contributed by atoms with van der Waals surface area (Å²) in [4.78, 5) is 12.1. The van der Waals surface area contributed by atoms with Crippen molar-refractivity contribution in [3.63, 3.8) is 0 Å². The van der Waals surface area contributed by atoms with Crippen molar-refractivity contribution in [3.8, 4) is 0 Å². The van der Waals surface area contributed by atoms with Gasteiger partial charge in [0.1, 0.15) is 5.82 Å². The molecular weight excluding hydrogens is 424 g/mol. The van der Waals surface area contributed by atoms with E-state index >= 15 is 0 Å². The van der Waals surface area contributed by atoms with Gasteiger partial charge in [0.2, 0.25) is 0 Å². The maximum atomic E-state index is 13.0. The molecule has 1 amide bonds. The third kappa shape index (κ3) is 3.54. The predicted octanol–water partition coefficient (Wildman–Crippen LogP) is 4.75. The lowest BCUT2D eigenvalue weighted by atomic mass is 10.1. The highest BCUT2D eigenvalue weighted by Gasteiger charge is 2.10. The minimum atomic E-state index is -0.341. The Morgan fingerprint density at radius 1 is 1.26 bits per heavy atom. The van der Waals surface area contributed by atoms with Gasteiger partial charge in [0, 0.05) is 19.3 Å². The highest BCUT2D eigenvalue weighted by atomic mass is 127. The smallest absolute Gasteiger partial charge is 0.255 e. The lowest BCUT2D eigenvalue weighted by molar-refractivity contribution is 0.102. The molecule has 0 saturated carbocycles. The standard InChI is InChI=1S/C14H10BrFINO/c1-8-6-9(16)2-4-11(8)14(19)18-10-3-5-12(15)13(17)7-10/h2-7H,1H3,(H,18,19). The van der Waals surface area contributed by atoms with Crippen LogP contribution in [0, 0.1) is 16.3 Å². The van der Waals surface area contributed by atoms with Gasteiger partial charge in [-0.15, -0.1) is 0 Å². The van der Waals surface area contributed by atoms with Crippen LogP contribution in [0.15, 0.2) is 40.9 Å². The molecule has 0 unspecified atom stereocenters. The molecule has 2 aromatic carbocycles. The van der Waals surface area contributed by atoms with Gasteiger partial charge in [0.05, 0.1) is 0 Å².